The number of fused-ring (bicyclic) bond motifs is 1. The minimum absolute atomic E-state index is 0.0284. The summed E-state index contributed by atoms with van der Waals surface area (Å²) in [5.41, 5.74) is 2.11. The van der Waals surface area contributed by atoms with Crippen molar-refractivity contribution in [2.24, 2.45) is 11.8 Å². The molecule has 2 aromatic rings. The topological polar surface area (TPSA) is 49.6 Å². The Labute approximate surface area is 155 Å². The van der Waals surface area contributed by atoms with Crippen molar-refractivity contribution >= 4 is 17.4 Å². The van der Waals surface area contributed by atoms with E-state index in [0.717, 1.165) is 49.5 Å². The van der Waals surface area contributed by atoms with Crippen LogP contribution in [0.25, 0.3) is 5.65 Å². The molecule has 1 saturated carbocycles. The molecule has 2 atom stereocenters. The number of piperidine rings is 1. The van der Waals surface area contributed by atoms with E-state index in [1.807, 2.05) is 12.1 Å². The molecule has 5 heteroatoms. The van der Waals surface area contributed by atoms with E-state index in [-0.39, 0.29) is 5.54 Å². The number of aromatic nitrogens is 2. The third-order valence-electron chi connectivity index (χ3n) is 5.67. The molecule has 140 valence electrons. The fraction of sp³-hybridized carbons (Fsp3) is 0.619. The Bertz CT molecular complexity index is 811. The van der Waals surface area contributed by atoms with Crippen molar-refractivity contribution in [3.63, 3.8) is 0 Å². The van der Waals surface area contributed by atoms with Gasteiger partial charge in [-0.25, -0.2) is 4.98 Å². The maximum absolute atomic E-state index is 12.5. The Balaban J connectivity index is 1.55. The highest BCUT2D eigenvalue weighted by Crippen LogP contribution is 2.41. The van der Waals surface area contributed by atoms with Crippen LogP contribution < -0.4 is 5.32 Å². The van der Waals surface area contributed by atoms with Crippen LogP contribution in [0.2, 0.25) is 0 Å². The summed E-state index contributed by atoms with van der Waals surface area (Å²) in [5.74, 6) is 2.76. The van der Waals surface area contributed by atoms with Crippen LogP contribution in [-0.2, 0) is 4.79 Å². The van der Waals surface area contributed by atoms with Crippen LogP contribution in [0.15, 0.2) is 24.4 Å². The second-order valence-electron chi connectivity index (χ2n) is 9.07. The number of nitrogens with zero attached hydrogens (tertiary/aromatic N) is 3. The zero-order valence-electron chi connectivity index (χ0n) is 16.3. The molecule has 1 amide bonds. The number of carbonyl (C=O) groups is 1. The zero-order valence-corrected chi connectivity index (χ0v) is 16.3. The van der Waals surface area contributed by atoms with Crippen molar-refractivity contribution in [2.45, 2.75) is 58.4 Å². The maximum atomic E-state index is 12.5. The molecule has 5 nitrogen and oxygen atoms in total. The fourth-order valence-corrected chi connectivity index (χ4v) is 4.05. The summed E-state index contributed by atoms with van der Waals surface area (Å²) in [6, 6.07) is 6.14. The van der Waals surface area contributed by atoms with Gasteiger partial charge in [-0.15, -0.1) is 0 Å². The van der Waals surface area contributed by atoms with E-state index in [2.05, 4.69) is 54.6 Å². The van der Waals surface area contributed by atoms with Gasteiger partial charge < -0.3 is 10.2 Å². The van der Waals surface area contributed by atoms with Gasteiger partial charge >= 0.3 is 0 Å². The summed E-state index contributed by atoms with van der Waals surface area (Å²) < 4.78 is 2.16. The van der Waals surface area contributed by atoms with E-state index in [9.17, 15) is 4.79 Å². The largest absolute Gasteiger partial charge is 0.365 e. The first-order valence-corrected chi connectivity index (χ1v) is 9.87. The van der Waals surface area contributed by atoms with Crippen molar-refractivity contribution in [3.8, 4) is 0 Å². The first-order chi connectivity index (χ1) is 12.3. The highest BCUT2D eigenvalue weighted by atomic mass is 16.2. The van der Waals surface area contributed by atoms with Gasteiger partial charge in [0.25, 0.3) is 0 Å². The van der Waals surface area contributed by atoms with Crippen molar-refractivity contribution in [3.05, 3.63) is 30.1 Å². The molecule has 26 heavy (non-hydrogen) atoms. The molecule has 0 aromatic carbocycles. The Morgan fingerprint density at radius 1 is 1.23 bits per heavy atom. The molecule has 3 heterocycles. The monoisotopic (exact) mass is 354 g/mol. The summed E-state index contributed by atoms with van der Waals surface area (Å²) in [7, 11) is 0. The van der Waals surface area contributed by atoms with Gasteiger partial charge in [0.15, 0.2) is 0 Å². The molecule has 4 rings (SSSR count). The number of nitrogens with one attached hydrogen (secondary N) is 1. The Morgan fingerprint density at radius 2 is 1.92 bits per heavy atom. The van der Waals surface area contributed by atoms with Gasteiger partial charge in [0.1, 0.15) is 11.5 Å². The van der Waals surface area contributed by atoms with Gasteiger partial charge in [0.2, 0.25) is 5.91 Å². The Morgan fingerprint density at radius 3 is 2.54 bits per heavy atom. The lowest BCUT2D eigenvalue weighted by molar-refractivity contribution is -0.133. The summed E-state index contributed by atoms with van der Waals surface area (Å²) in [4.78, 5) is 19.5. The van der Waals surface area contributed by atoms with Crippen molar-refractivity contribution in [2.75, 3.05) is 18.4 Å². The molecule has 1 N–H and O–H groups in total. The second-order valence-corrected chi connectivity index (χ2v) is 9.07. The van der Waals surface area contributed by atoms with Crippen LogP contribution in [0.4, 0.5) is 5.82 Å². The van der Waals surface area contributed by atoms with Gasteiger partial charge in [-0.2, -0.15) is 0 Å². The van der Waals surface area contributed by atoms with E-state index in [1.165, 1.54) is 0 Å². The molecule has 2 aliphatic rings. The van der Waals surface area contributed by atoms with Crippen LogP contribution in [0, 0.1) is 11.8 Å². The van der Waals surface area contributed by atoms with E-state index in [1.54, 1.807) is 0 Å². The molecule has 1 aliphatic heterocycles. The summed E-state index contributed by atoms with van der Waals surface area (Å²) >= 11 is 0. The number of imidazole rings is 1. The predicted molar refractivity (Wildman–Crippen MR) is 104 cm³/mol. The number of hydrogen-bond acceptors (Lipinski definition) is 3. The van der Waals surface area contributed by atoms with Gasteiger partial charge in [-0.3, -0.25) is 9.20 Å². The minimum atomic E-state index is -0.0284. The molecule has 1 saturated heterocycles. The van der Waals surface area contributed by atoms with E-state index in [0.29, 0.717) is 23.7 Å². The lowest BCUT2D eigenvalue weighted by atomic mass is 9.92. The Hall–Kier alpha value is -2.04. The predicted octanol–water partition coefficient (Wildman–Crippen LogP) is 3.91. The number of pyridine rings is 1. The normalized spacial score (nSPS) is 24.1. The van der Waals surface area contributed by atoms with Crippen LogP contribution >= 0.6 is 0 Å². The van der Waals surface area contributed by atoms with Crippen LogP contribution in [-0.4, -0.2) is 38.8 Å². The van der Waals surface area contributed by atoms with Crippen LogP contribution in [0.3, 0.4) is 0 Å². The maximum Gasteiger partial charge on any atom is 0.225 e. The number of rotatable bonds is 3. The number of amides is 1. The Kier molecular flexibility index (Phi) is 4.20. The SMILES string of the molecule is C[C@@H]1C[C@@H]1C(=O)N1CCC(c2nc3ccccn3c2NC(C)(C)C)CC1. The zero-order chi connectivity index (χ0) is 18.5. The highest BCUT2D eigenvalue weighted by molar-refractivity contribution is 5.81. The van der Waals surface area contributed by atoms with Crippen LogP contribution in [0.5, 0.6) is 0 Å². The highest BCUT2D eigenvalue weighted by Gasteiger charge is 2.42. The molecule has 0 radical (unpaired) electrons. The number of carbonyl (C=O) groups excluding carboxylic acids is 1. The van der Waals surface area contributed by atoms with Gasteiger partial charge in [-0.1, -0.05) is 13.0 Å². The first-order valence-electron chi connectivity index (χ1n) is 9.87. The fourth-order valence-electron chi connectivity index (χ4n) is 4.05. The average Bonchev–Trinajstić information content (AvgIpc) is 3.23. The third-order valence-corrected chi connectivity index (χ3v) is 5.67. The quantitative estimate of drug-likeness (QED) is 0.909. The number of hydrogen-bond donors (Lipinski definition) is 1. The summed E-state index contributed by atoms with van der Waals surface area (Å²) in [5, 5.41) is 3.66. The van der Waals surface area contributed by atoms with Gasteiger partial charge in [0.05, 0.1) is 5.69 Å². The smallest absolute Gasteiger partial charge is 0.225 e. The first kappa shape index (κ1) is 17.4. The summed E-state index contributed by atoms with van der Waals surface area (Å²) in [6.45, 7) is 10.4. The number of anilines is 1. The molecule has 0 bridgehead atoms. The lowest BCUT2D eigenvalue weighted by Gasteiger charge is -2.32. The average molecular weight is 354 g/mol. The van der Waals surface area contributed by atoms with Gasteiger partial charge in [0, 0.05) is 36.7 Å². The molecule has 1 aliphatic carbocycles. The second kappa shape index (κ2) is 6.29. The van der Waals surface area contributed by atoms with Gasteiger partial charge in [-0.05, 0) is 58.1 Å². The standard InChI is InChI=1S/C21H30N4O/c1-14-13-16(14)20(26)24-11-8-15(9-12-24)18-19(23-21(2,3)4)25-10-6-5-7-17(25)22-18/h5-7,10,14-16,23H,8-9,11-13H2,1-4H3/t14-,16+/m1/s1. The van der Waals surface area contributed by atoms with E-state index in [4.69, 9.17) is 4.98 Å². The van der Waals surface area contributed by atoms with Crippen molar-refractivity contribution in [1.82, 2.24) is 14.3 Å². The molecule has 0 unspecified atom stereocenters. The minimum Gasteiger partial charge on any atom is -0.365 e. The lowest BCUT2D eigenvalue weighted by Crippen LogP contribution is -2.39. The molecular formula is C21H30N4O. The molecule has 0 spiro atoms. The third kappa shape index (κ3) is 3.31. The summed E-state index contributed by atoms with van der Waals surface area (Å²) in [6.07, 6.45) is 5.14. The molecule has 2 aromatic heterocycles. The molecule has 2 fully saturated rings. The van der Waals surface area contributed by atoms with Crippen LogP contribution in [0.1, 0.15) is 58.6 Å². The van der Waals surface area contributed by atoms with E-state index >= 15 is 0 Å². The number of likely N-dealkylation sites (tertiary alicyclic amines) is 1. The van der Waals surface area contributed by atoms with E-state index < -0.39 is 0 Å². The van der Waals surface area contributed by atoms with Crippen molar-refractivity contribution in [1.29, 1.82) is 0 Å². The van der Waals surface area contributed by atoms with Crippen molar-refractivity contribution < 1.29 is 4.79 Å². The molecular weight excluding hydrogens is 324 g/mol.